The summed E-state index contributed by atoms with van der Waals surface area (Å²) in [6.07, 6.45) is 0.949. The second kappa shape index (κ2) is 8.30. The zero-order valence-corrected chi connectivity index (χ0v) is 21.1. The normalized spacial score (nSPS) is 21.3. The van der Waals surface area contributed by atoms with Gasteiger partial charge in [0.15, 0.2) is 5.82 Å². The lowest BCUT2D eigenvalue weighted by Gasteiger charge is -2.23. The summed E-state index contributed by atoms with van der Waals surface area (Å²) in [7, 11) is 5.87. The van der Waals surface area contributed by atoms with E-state index in [1.165, 1.54) is 6.33 Å². The summed E-state index contributed by atoms with van der Waals surface area (Å²) in [5.74, 6) is 3.28. The van der Waals surface area contributed by atoms with Crippen LogP contribution in [-0.4, -0.2) is 71.5 Å². The van der Waals surface area contributed by atoms with Gasteiger partial charge in [0.1, 0.15) is 29.0 Å². The Hall–Kier alpha value is -3.53. The van der Waals surface area contributed by atoms with E-state index in [2.05, 4.69) is 45.4 Å². The van der Waals surface area contributed by atoms with Crippen molar-refractivity contribution in [2.75, 3.05) is 50.2 Å². The number of nitrogen functional groups attached to an aromatic ring is 1. The summed E-state index contributed by atoms with van der Waals surface area (Å²) in [4.78, 5) is 21.2. The van der Waals surface area contributed by atoms with Gasteiger partial charge in [0.2, 0.25) is 0 Å². The number of anilines is 3. The zero-order chi connectivity index (χ0) is 25.1. The highest BCUT2D eigenvalue weighted by Crippen LogP contribution is 2.50. The van der Waals surface area contributed by atoms with Crippen LogP contribution >= 0.6 is 0 Å². The minimum atomic E-state index is -0.598. The van der Waals surface area contributed by atoms with Crippen LogP contribution in [0.3, 0.4) is 0 Å². The van der Waals surface area contributed by atoms with Crippen LogP contribution < -0.4 is 20.7 Å². The van der Waals surface area contributed by atoms with Crippen molar-refractivity contribution in [3.05, 3.63) is 30.6 Å². The summed E-state index contributed by atoms with van der Waals surface area (Å²) >= 11 is 0. The molecular formula is C25H33N7O3. The van der Waals surface area contributed by atoms with Gasteiger partial charge in [0.05, 0.1) is 12.8 Å². The number of benzene rings is 1. The van der Waals surface area contributed by atoms with Crippen molar-refractivity contribution in [1.82, 2.24) is 19.5 Å². The maximum atomic E-state index is 12.3. The van der Waals surface area contributed by atoms with Crippen molar-refractivity contribution in [2.24, 2.45) is 11.8 Å². The highest BCUT2D eigenvalue weighted by atomic mass is 16.6. The lowest BCUT2D eigenvalue weighted by atomic mass is 10.1. The minimum Gasteiger partial charge on any atom is -0.495 e. The third kappa shape index (κ3) is 4.22. The molecule has 0 spiro atoms. The second-order valence-electron chi connectivity index (χ2n) is 10.6. The molecule has 1 saturated heterocycles. The number of aromatic nitrogens is 3. The number of fused-ring (bicyclic) bond motifs is 2. The van der Waals surface area contributed by atoms with Crippen molar-refractivity contribution in [3.8, 4) is 16.9 Å². The summed E-state index contributed by atoms with van der Waals surface area (Å²) < 4.78 is 12.8. The molecule has 2 atom stereocenters. The topological polar surface area (TPSA) is 110 Å². The van der Waals surface area contributed by atoms with Crippen molar-refractivity contribution in [1.29, 1.82) is 0 Å². The quantitative estimate of drug-likeness (QED) is 0.573. The van der Waals surface area contributed by atoms with Gasteiger partial charge in [0, 0.05) is 24.7 Å². The first-order valence-electron chi connectivity index (χ1n) is 11.8. The van der Waals surface area contributed by atoms with Gasteiger partial charge in [-0.1, -0.05) is 6.07 Å². The van der Waals surface area contributed by atoms with Gasteiger partial charge in [-0.3, -0.25) is 5.32 Å². The van der Waals surface area contributed by atoms with Crippen LogP contribution in [-0.2, 0) is 4.74 Å². The highest BCUT2D eigenvalue weighted by molar-refractivity contribution is 5.93. The number of carbonyl (C=O) groups excluding carboxylic acids is 1. The van der Waals surface area contributed by atoms with Gasteiger partial charge < -0.3 is 25.0 Å². The monoisotopic (exact) mass is 479 g/mol. The van der Waals surface area contributed by atoms with E-state index in [-0.39, 0.29) is 0 Å². The summed E-state index contributed by atoms with van der Waals surface area (Å²) in [6, 6.07) is 8.37. The van der Waals surface area contributed by atoms with Crippen LogP contribution in [0, 0.1) is 11.8 Å². The standard InChI is InChI=1S/C25H33N7O3/c1-25(2,3)35-24(33)29-18-8-7-14(9-19(18)34-6)15-10-20(32-22(15)23(26)27-13-28-32)31-11-16-17(12-31)21(16)30(4)5/h7-10,13,16-17,21H,11-12H2,1-6H3,(H,29,33)(H2,26,27,28). The lowest BCUT2D eigenvalue weighted by molar-refractivity contribution is 0.0635. The molecule has 1 aromatic carbocycles. The van der Waals surface area contributed by atoms with Gasteiger partial charge in [-0.05, 0) is 70.5 Å². The Morgan fingerprint density at radius 1 is 1.20 bits per heavy atom. The SMILES string of the molecule is COc1cc(-c2cc(N3CC4C(C3)C4N(C)C)n3ncnc(N)c23)ccc1NC(=O)OC(C)(C)C. The molecule has 1 amide bonds. The first kappa shape index (κ1) is 23.2. The number of methoxy groups -OCH3 is 1. The molecule has 10 nitrogen and oxygen atoms in total. The average molecular weight is 480 g/mol. The Labute approximate surface area is 205 Å². The predicted molar refractivity (Wildman–Crippen MR) is 136 cm³/mol. The number of nitrogens with two attached hydrogens (primary N) is 1. The van der Waals surface area contributed by atoms with Crippen LogP contribution in [0.25, 0.3) is 16.6 Å². The van der Waals surface area contributed by atoms with Crippen LogP contribution in [0.4, 0.5) is 22.1 Å². The molecule has 5 rings (SSSR count). The fourth-order valence-corrected chi connectivity index (χ4v) is 5.32. The van der Waals surface area contributed by atoms with E-state index in [9.17, 15) is 4.79 Å². The Bertz CT molecular complexity index is 1270. The molecule has 10 heteroatoms. The van der Waals surface area contributed by atoms with E-state index in [0.717, 1.165) is 35.6 Å². The molecule has 3 N–H and O–H groups in total. The number of piperidine rings is 1. The molecule has 186 valence electrons. The molecular weight excluding hydrogens is 446 g/mol. The first-order valence-corrected chi connectivity index (χ1v) is 11.8. The van der Waals surface area contributed by atoms with E-state index in [4.69, 9.17) is 15.2 Å². The molecule has 2 unspecified atom stereocenters. The summed E-state index contributed by atoms with van der Waals surface area (Å²) in [5, 5.41) is 7.29. The fourth-order valence-electron chi connectivity index (χ4n) is 5.32. The number of hydrogen-bond acceptors (Lipinski definition) is 8. The third-order valence-corrected chi connectivity index (χ3v) is 6.78. The number of hydrogen-bond donors (Lipinski definition) is 2. The van der Waals surface area contributed by atoms with Crippen LogP contribution in [0.1, 0.15) is 20.8 Å². The van der Waals surface area contributed by atoms with E-state index in [1.54, 1.807) is 13.2 Å². The largest absolute Gasteiger partial charge is 0.495 e. The molecule has 3 heterocycles. The van der Waals surface area contributed by atoms with Crippen LogP contribution in [0.2, 0.25) is 0 Å². The Morgan fingerprint density at radius 3 is 2.54 bits per heavy atom. The molecule has 2 aliphatic rings. The first-order chi connectivity index (χ1) is 16.6. The van der Waals surface area contributed by atoms with Crippen molar-refractivity contribution in [2.45, 2.75) is 32.4 Å². The number of amides is 1. The van der Waals surface area contributed by atoms with Gasteiger partial charge in [-0.25, -0.2) is 14.3 Å². The van der Waals surface area contributed by atoms with Gasteiger partial charge >= 0.3 is 6.09 Å². The Kier molecular flexibility index (Phi) is 5.51. The van der Waals surface area contributed by atoms with E-state index in [0.29, 0.717) is 35.1 Å². The number of rotatable bonds is 5. The molecule has 35 heavy (non-hydrogen) atoms. The van der Waals surface area contributed by atoms with E-state index < -0.39 is 11.7 Å². The van der Waals surface area contributed by atoms with Crippen molar-refractivity contribution < 1.29 is 14.3 Å². The molecule has 3 aromatic rings. The van der Waals surface area contributed by atoms with Gasteiger partial charge in [-0.15, -0.1) is 0 Å². The fraction of sp³-hybridized carbons (Fsp3) is 0.480. The molecule has 1 aliphatic carbocycles. The number of nitrogens with zero attached hydrogens (tertiary/aromatic N) is 5. The van der Waals surface area contributed by atoms with Gasteiger partial charge in [0.25, 0.3) is 0 Å². The minimum absolute atomic E-state index is 0.409. The van der Waals surface area contributed by atoms with E-state index in [1.807, 2.05) is 37.4 Å². The highest BCUT2D eigenvalue weighted by Gasteiger charge is 2.57. The molecule has 0 radical (unpaired) electrons. The Morgan fingerprint density at radius 2 is 1.91 bits per heavy atom. The number of ether oxygens (including phenoxy) is 2. The maximum absolute atomic E-state index is 12.3. The molecule has 2 fully saturated rings. The number of nitrogens with one attached hydrogen (secondary N) is 1. The second-order valence-corrected chi connectivity index (χ2v) is 10.6. The van der Waals surface area contributed by atoms with Crippen LogP contribution in [0.5, 0.6) is 5.75 Å². The molecule has 2 aromatic heterocycles. The average Bonchev–Trinajstić information content (AvgIpc) is 3.11. The van der Waals surface area contributed by atoms with Crippen molar-refractivity contribution in [3.63, 3.8) is 0 Å². The zero-order valence-electron chi connectivity index (χ0n) is 21.1. The molecule has 1 aliphatic heterocycles. The molecule has 1 saturated carbocycles. The molecule has 0 bridgehead atoms. The van der Waals surface area contributed by atoms with Gasteiger partial charge in [-0.2, -0.15) is 5.10 Å². The van der Waals surface area contributed by atoms with E-state index >= 15 is 0 Å². The smallest absolute Gasteiger partial charge is 0.412 e. The Balaban J connectivity index is 1.48. The summed E-state index contributed by atoms with van der Waals surface area (Å²) in [5.41, 5.74) is 8.80. The van der Waals surface area contributed by atoms with Crippen LogP contribution in [0.15, 0.2) is 30.6 Å². The third-order valence-electron chi connectivity index (χ3n) is 6.78. The number of carbonyl (C=O) groups is 1. The van der Waals surface area contributed by atoms with Crippen molar-refractivity contribution >= 4 is 28.9 Å². The maximum Gasteiger partial charge on any atom is 0.412 e. The lowest BCUT2D eigenvalue weighted by Crippen LogP contribution is -2.31. The predicted octanol–water partition coefficient (Wildman–Crippen LogP) is 3.33. The summed E-state index contributed by atoms with van der Waals surface area (Å²) in [6.45, 7) is 7.44.